The van der Waals surface area contributed by atoms with Gasteiger partial charge in [-0.3, -0.25) is 4.79 Å². The highest BCUT2D eigenvalue weighted by Gasteiger charge is 2.19. The molecule has 0 heterocycles. The van der Waals surface area contributed by atoms with Crippen LogP contribution in [-0.4, -0.2) is 41.1 Å². The van der Waals surface area contributed by atoms with E-state index >= 15 is 0 Å². The van der Waals surface area contributed by atoms with Crippen LogP contribution in [0.4, 0.5) is 0 Å². The lowest BCUT2D eigenvalue weighted by Crippen LogP contribution is -2.29. The molecular formula is C20H26N2O5S. The summed E-state index contributed by atoms with van der Waals surface area (Å²) in [5.74, 6) is 0.639. The average Bonchev–Trinajstić information content (AvgIpc) is 2.68. The number of aryl methyl sites for hydroxylation is 1. The molecule has 0 saturated carbocycles. The minimum absolute atomic E-state index is 0.0127. The van der Waals surface area contributed by atoms with Gasteiger partial charge in [-0.1, -0.05) is 12.1 Å². The lowest BCUT2D eigenvalue weighted by Gasteiger charge is -2.13. The van der Waals surface area contributed by atoms with Gasteiger partial charge in [0.25, 0.3) is 5.91 Å². The van der Waals surface area contributed by atoms with Gasteiger partial charge in [-0.2, -0.15) is 0 Å². The Hall–Kier alpha value is -2.58. The molecule has 0 spiro atoms. The molecule has 0 unspecified atom stereocenters. The van der Waals surface area contributed by atoms with Crippen LogP contribution in [0.5, 0.6) is 11.5 Å². The maximum absolute atomic E-state index is 12.6. The van der Waals surface area contributed by atoms with Crippen LogP contribution in [0.25, 0.3) is 0 Å². The topological polar surface area (TPSA) is 93.7 Å². The fourth-order valence-electron chi connectivity index (χ4n) is 2.59. The second-order valence-corrected chi connectivity index (χ2v) is 7.93. The zero-order valence-electron chi connectivity index (χ0n) is 16.5. The SMILES string of the molecule is CCNC(=O)c1cc(S(=O)(=O)NCCOc2cccc(C)c2C)ccc1OC. The first-order valence-corrected chi connectivity index (χ1v) is 10.4. The lowest BCUT2D eigenvalue weighted by atomic mass is 10.1. The summed E-state index contributed by atoms with van der Waals surface area (Å²) < 4.78 is 38.4. The first kappa shape index (κ1) is 21.7. The third-order valence-electron chi connectivity index (χ3n) is 4.27. The average molecular weight is 407 g/mol. The molecule has 1 amide bonds. The van der Waals surface area contributed by atoms with E-state index < -0.39 is 15.9 Å². The summed E-state index contributed by atoms with van der Waals surface area (Å²) in [6.45, 7) is 6.42. The third kappa shape index (κ3) is 5.24. The maximum Gasteiger partial charge on any atom is 0.255 e. The molecule has 0 radical (unpaired) electrons. The maximum atomic E-state index is 12.6. The molecule has 152 valence electrons. The number of rotatable bonds is 9. The summed E-state index contributed by atoms with van der Waals surface area (Å²) in [4.78, 5) is 12.1. The predicted octanol–water partition coefficient (Wildman–Crippen LogP) is 2.42. The Bertz CT molecular complexity index is 942. The van der Waals surface area contributed by atoms with Crippen LogP contribution in [0, 0.1) is 13.8 Å². The van der Waals surface area contributed by atoms with Crippen LogP contribution in [0.15, 0.2) is 41.3 Å². The van der Waals surface area contributed by atoms with Crippen LogP contribution < -0.4 is 19.5 Å². The summed E-state index contributed by atoms with van der Waals surface area (Å²) in [7, 11) is -2.37. The van der Waals surface area contributed by atoms with E-state index in [-0.39, 0.29) is 23.6 Å². The highest BCUT2D eigenvalue weighted by molar-refractivity contribution is 7.89. The highest BCUT2D eigenvalue weighted by atomic mass is 32.2. The molecular weight excluding hydrogens is 380 g/mol. The number of methoxy groups -OCH3 is 1. The highest BCUT2D eigenvalue weighted by Crippen LogP contribution is 2.23. The minimum Gasteiger partial charge on any atom is -0.496 e. The van der Waals surface area contributed by atoms with Gasteiger partial charge in [0.05, 0.1) is 17.6 Å². The standard InChI is InChI=1S/C20H26N2O5S/c1-5-21-20(23)17-13-16(9-10-19(17)26-4)28(24,25)22-11-12-27-18-8-6-7-14(2)15(18)3/h6-10,13,22H,5,11-12H2,1-4H3,(H,21,23). The largest absolute Gasteiger partial charge is 0.496 e. The molecule has 0 aliphatic carbocycles. The van der Waals surface area contributed by atoms with E-state index in [1.165, 1.54) is 25.3 Å². The van der Waals surface area contributed by atoms with E-state index in [4.69, 9.17) is 9.47 Å². The zero-order chi connectivity index (χ0) is 20.7. The van der Waals surface area contributed by atoms with E-state index in [9.17, 15) is 13.2 Å². The minimum atomic E-state index is -3.79. The summed E-state index contributed by atoms with van der Waals surface area (Å²) in [5.41, 5.74) is 2.29. The smallest absolute Gasteiger partial charge is 0.255 e. The normalized spacial score (nSPS) is 11.1. The number of amides is 1. The summed E-state index contributed by atoms with van der Waals surface area (Å²) >= 11 is 0. The Kier molecular flexibility index (Phi) is 7.42. The number of nitrogens with one attached hydrogen (secondary N) is 2. The number of hydrogen-bond donors (Lipinski definition) is 2. The molecule has 0 aliphatic rings. The Morgan fingerprint density at radius 3 is 2.54 bits per heavy atom. The molecule has 7 nitrogen and oxygen atoms in total. The van der Waals surface area contributed by atoms with Gasteiger partial charge < -0.3 is 14.8 Å². The second kappa shape index (κ2) is 9.57. The molecule has 0 atom stereocenters. The van der Waals surface area contributed by atoms with Crippen molar-refractivity contribution < 1.29 is 22.7 Å². The Morgan fingerprint density at radius 1 is 1.11 bits per heavy atom. The van der Waals surface area contributed by atoms with Crippen molar-refractivity contribution in [1.82, 2.24) is 10.0 Å². The number of carbonyl (C=O) groups excluding carboxylic acids is 1. The van der Waals surface area contributed by atoms with Crippen molar-refractivity contribution in [2.24, 2.45) is 0 Å². The molecule has 2 aromatic rings. The second-order valence-electron chi connectivity index (χ2n) is 6.17. The molecule has 2 N–H and O–H groups in total. The molecule has 2 aromatic carbocycles. The number of benzene rings is 2. The van der Waals surface area contributed by atoms with E-state index in [1.54, 1.807) is 6.92 Å². The fourth-order valence-corrected chi connectivity index (χ4v) is 3.63. The van der Waals surface area contributed by atoms with Crippen LogP contribution in [-0.2, 0) is 10.0 Å². The molecule has 0 aliphatic heterocycles. The molecule has 2 rings (SSSR count). The van der Waals surface area contributed by atoms with E-state index in [0.29, 0.717) is 12.3 Å². The van der Waals surface area contributed by atoms with Gasteiger partial charge in [-0.05, 0) is 56.2 Å². The van der Waals surface area contributed by atoms with Crippen LogP contribution in [0.1, 0.15) is 28.4 Å². The van der Waals surface area contributed by atoms with Gasteiger partial charge in [-0.15, -0.1) is 0 Å². The molecule has 28 heavy (non-hydrogen) atoms. The summed E-state index contributed by atoms with van der Waals surface area (Å²) in [6, 6.07) is 9.89. The first-order valence-electron chi connectivity index (χ1n) is 8.95. The Balaban J connectivity index is 2.06. The fraction of sp³-hybridized carbons (Fsp3) is 0.350. The van der Waals surface area contributed by atoms with Gasteiger partial charge in [0.15, 0.2) is 0 Å². The van der Waals surface area contributed by atoms with Gasteiger partial charge in [0.1, 0.15) is 18.1 Å². The van der Waals surface area contributed by atoms with Crippen molar-refractivity contribution >= 4 is 15.9 Å². The zero-order valence-corrected chi connectivity index (χ0v) is 17.4. The van der Waals surface area contributed by atoms with Crippen molar-refractivity contribution in [2.45, 2.75) is 25.7 Å². The van der Waals surface area contributed by atoms with Gasteiger partial charge >= 0.3 is 0 Å². The van der Waals surface area contributed by atoms with Crippen molar-refractivity contribution in [3.63, 3.8) is 0 Å². The Labute approximate surface area is 166 Å². The molecule has 0 saturated heterocycles. The van der Waals surface area contributed by atoms with Crippen molar-refractivity contribution in [3.05, 3.63) is 53.1 Å². The molecule has 0 bridgehead atoms. The lowest BCUT2D eigenvalue weighted by molar-refractivity contribution is 0.0952. The Morgan fingerprint density at radius 2 is 1.86 bits per heavy atom. The summed E-state index contributed by atoms with van der Waals surface area (Å²) in [5, 5.41) is 2.64. The predicted molar refractivity (Wildman–Crippen MR) is 108 cm³/mol. The van der Waals surface area contributed by atoms with Crippen molar-refractivity contribution in [3.8, 4) is 11.5 Å². The number of hydrogen-bond acceptors (Lipinski definition) is 5. The van der Waals surface area contributed by atoms with Crippen molar-refractivity contribution in [2.75, 3.05) is 26.8 Å². The van der Waals surface area contributed by atoms with Crippen molar-refractivity contribution in [1.29, 1.82) is 0 Å². The first-order chi connectivity index (χ1) is 13.3. The summed E-state index contributed by atoms with van der Waals surface area (Å²) in [6.07, 6.45) is 0. The quantitative estimate of drug-likeness (QED) is 0.624. The third-order valence-corrected chi connectivity index (χ3v) is 5.73. The van der Waals surface area contributed by atoms with Gasteiger partial charge in [0.2, 0.25) is 10.0 Å². The van der Waals surface area contributed by atoms with E-state index in [0.717, 1.165) is 16.9 Å². The van der Waals surface area contributed by atoms with E-state index in [1.807, 2.05) is 32.0 Å². The molecule has 8 heteroatoms. The van der Waals surface area contributed by atoms with E-state index in [2.05, 4.69) is 10.0 Å². The van der Waals surface area contributed by atoms with Crippen LogP contribution >= 0.6 is 0 Å². The van der Waals surface area contributed by atoms with Gasteiger partial charge in [0, 0.05) is 13.1 Å². The number of carbonyl (C=O) groups is 1. The van der Waals surface area contributed by atoms with Crippen LogP contribution in [0.2, 0.25) is 0 Å². The monoisotopic (exact) mass is 406 g/mol. The van der Waals surface area contributed by atoms with Gasteiger partial charge in [-0.25, -0.2) is 13.1 Å². The van der Waals surface area contributed by atoms with Crippen LogP contribution in [0.3, 0.4) is 0 Å². The number of ether oxygens (including phenoxy) is 2. The molecule has 0 fully saturated rings. The number of sulfonamides is 1. The molecule has 0 aromatic heterocycles.